The predicted molar refractivity (Wildman–Crippen MR) is 123 cm³/mol. The first-order chi connectivity index (χ1) is 14.5. The van der Waals surface area contributed by atoms with Crippen molar-refractivity contribution in [1.29, 1.82) is 0 Å². The Labute approximate surface area is 186 Å². The van der Waals surface area contributed by atoms with Gasteiger partial charge in [-0.25, -0.2) is 0 Å². The number of benzene rings is 3. The summed E-state index contributed by atoms with van der Waals surface area (Å²) in [4.78, 5) is 1.01. The van der Waals surface area contributed by atoms with Crippen molar-refractivity contribution >= 4 is 37.4 Å². The molecule has 1 heterocycles. The molecule has 0 spiro atoms. The molecule has 4 nitrogen and oxygen atoms in total. The molecule has 152 valence electrons. The van der Waals surface area contributed by atoms with Crippen LogP contribution in [0.25, 0.3) is 20.5 Å². The van der Waals surface area contributed by atoms with Gasteiger partial charge in [-0.3, -0.25) is 0 Å². The molecular weight excluding hydrogens is 464 g/mol. The van der Waals surface area contributed by atoms with Gasteiger partial charge in [0, 0.05) is 27.4 Å². The van der Waals surface area contributed by atoms with Crippen LogP contribution in [0.2, 0.25) is 0 Å². The van der Waals surface area contributed by atoms with E-state index in [0.717, 1.165) is 36.5 Å². The second-order valence-corrected chi connectivity index (χ2v) is 9.35. The van der Waals surface area contributed by atoms with Gasteiger partial charge in [0.2, 0.25) is 0 Å². The van der Waals surface area contributed by atoms with E-state index in [1.807, 2.05) is 54.6 Å². The lowest BCUT2D eigenvalue weighted by molar-refractivity contribution is -0.0107. The third-order valence-electron chi connectivity index (χ3n) is 5.15. The van der Waals surface area contributed by atoms with E-state index in [4.69, 9.17) is 9.47 Å². The number of phenolic OH excluding ortho intramolecular Hbond substituents is 1. The highest BCUT2D eigenvalue weighted by atomic mass is 79.9. The van der Waals surface area contributed by atoms with Gasteiger partial charge >= 0.3 is 0 Å². The fourth-order valence-electron chi connectivity index (χ4n) is 3.48. The normalized spacial score (nSPS) is 18.2. The number of thiophene rings is 1. The van der Waals surface area contributed by atoms with Crippen molar-refractivity contribution < 1.29 is 19.7 Å². The minimum Gasteiger partial charge on any atom is -0.508 e. The average molecular weight is 483 g/mol. The molecule has 0 atom stereocenters. The van der Waals surface area contributed by atoms with Gasteiger partial charge in [0.1, 0.15) is 23.4 Å². The van der Waals surface area contributed by atoms with Gasteiger partial charge in [-0.1, -0.05) is 28.1 Å². The SMILES string of the molecule is Oc1ccc2c(Oc3ccc(OC4CC(O)C4)cc3)c(-c3ccc(Br)cc3)sc2c1. The molecule has 6 heteroatoms. The number of halogens is 1. The third-order valence-corrected chi connectivity index (χ3v) is 6.86. The van der Waals surface area contributed by atoms with Crippen LogP contribution < -0.4 is 9.47 Å². The van der Waals surface area contributed by atoms with Crippen LogP contribution in [0.15, 0.2) is 71.2 Å². The Bertz CT molecular complexity index is 1180. The maximum atomic E-state index is 9.90. The molecule has 0 amide bonds. The van der Waals surface area contributed by atoms with Crippen LogP contribution in [-0.2, 0) is 0 Å². The number of aliphatic hydroxyl groups is 1. The second-order valence-electron chi connectivity index (χ2n) is 7.39. The zero-order valence-corrected chi connectivity index (χ0v) is 18.3. The topological polar surface area (TPSA) is 58.9 Å². The first-order valence-corrected chi connectivity index (χ1v) is 11.3. The number of hydrogen-bond acceptors (Lipinski definition) is 5. The van der Waals surface area contributed by atoms with Gasteiger partial charge in [0.25, 0.3) is 0 Å². The molecule has 0 aliphatic heterocycles. The first-order valence-electron chi connectivity index (χ1n) is 9.69. The van der Waals surface area contributed by atoms with Crippen LogP contribution in [0.3, 0.4) is 0 Å². The highest BCUT2D eigenvalue weighted by Gasteiger charge is 2.28. The van der Waals surface area contributed by atoms with Gasteiger partial charge < -0.3 is 19.7 Å². The molecule has 0 radical (unpaired) electrons. The zero-order chi connectivity index (χ0) is 20.7. The van der Waals surface area contributed by atoms with Crippen molar-refractivity contribution in [3.05, 3.63) is 71.2 Å². The molecule has 1 aliphatic carbocycles. The van der Waals surface area contributed by atoms with E-state index >= 15 is 0 Å². The summed E-state index contributed by atoms with van der Waals surface area (Å²) >= 11 is 5.07. The van der Waals surface area contributed by atoms with E-state index in [9.17, 15) is 10.2 Å². The summed E-state index contributed by atoms with van der Waals surface area (Å²) in [6, 6.07) is 21.0. The van der Waals surface area contributed by atoms with Gasteiger partial charge in [-0.05, 0) is 60.2 Å². The molecule has 0 unspecified atom stereocenters. The third kappa shape index (κ3) is 3.90. The largest absolute Gasteiger partial charge is 0.508 e. The number of aliphatic hydroxyl groups excluding tert-OH is 1. The van der Waals surface area contributed by atoms with E-state index in [0.29, 0.717) is 18.6 Å². The number of hydrogen-bond donors (Lipinski definition) is 2. The molecule has 1 saturated carbocycles. The fraction of sp³-hybridized carbons (Fsp3) is 0.167. The Morgan fingerprint density at radius 1 is 0.900 bits per heavy atom. The Balaban J connectivity index is 1.47. The maximum Gasteiger partial charge on any atom is 0.153 e. The molecule has 30 heavy (non-hydrogen) atoms. The van der Waals surface area contributed by atoms with Gasteiger partial charge in [-0.2, -0.15) is 0 Å². The van der Waals surface area contributed by atoms with Gasteiger partial charge in [0.15, 0.2) is 5.75 Å². The lowest BCUT2D eigenvalue weighted by atomic mass is 9.92. The summed E-state index contributed by atoms with van der Waals surface area (Å²) in [6.07, 6.45) is 1.22. The standard InChI is InChI=1S/C24H19BrO4S/c25-15-3-1-14(2-4-15)24-23(21-10-5-16(26)13-22(21)30-24)29-19-8-6-18(7-9-19)28-20-11-17(27)12-20/h1-10,13,17,20,26-27H,11-12H2. The van der Waals surface area contributed by atoms with Crippen molar-refractivity contribution in [3.8, 4) is 33.4 Å². The van der Waals surface area contributed by atoms with Crippen molar-refractivity contribution in [2.45, 2.75) is 25.0 Å². The quantitative estimate of drug-likeness (QED) is 0.331. The summed E-state index contributed by atoms with van der Waals surface area (Å²) in [5.41, 5.74) is 1.05. The van der Waals surface area contributed by atoms with Crippen molar-refractivity contribution in [3.63, 3.8) is 0 Å². The second kappa shape index (κ2) is 7.95. The fourth-order valence-corrected chi connectivity index (χ4v) is 4.92. The van der Waals surface area contributed by atoms with Crippen molar-refractivity contribution in [2.75, 3.05) is 0 Å². The summed E-state index contributed by atoms with van der Waals surface area (Å²) in [7, 11) is 0. The highest BCUT2D eigenvalue weighted by molar-refractivity contribution is 9.10. The molecule has 0 bridgehead atoms. The van der Waals surface area contributed by atoms with Crippen LogP contribution in [0.5, 0.6) is 23.0 Å². The summed E-state index contributed by atoms with van der Waals surface area (Å²) in [6.45, 7) is 0. The van der Waals surface area contributed by atoms with Crippen molar-refractivity contribution in [2.24, 2.45) is 0 Å². The molecular formula is C24H19BrO4S. The molecule has 1 fully saturated rings. The molecule has 5 rings (SSSR count). The molecule has 3 aromatic carbocycles. The van der Waals surface area contributed by atoms with Gasteiger partial charge in [0.05, 0.1) is 11.0 Å². The molecule has 1 aromatic heterocycles. The predicted octanol–water partition coefficient (Wildman–Crippen LogP) is 6.73. The van der Waals surface area contributed by atoms with E-state index in [1.54, 1.807) is 23.5 Å². The maximum absolute atomic E-state index is 9.90. The molecule has 1 aliphatic rings. The van der Waals surface area contributed by atoms with E-state index in [1.165, 1.54) is 0 Å². The van der Waals surface area contributed by atoms with Crippen LogP contribution in [0, 0.1) is 0 Å². The first kappa shape index (κ1) is 19.4. The molecule has 2 N–H and O–H groups in total. The Kier molecular flexibility index (Phi) is 5.15. The minimum atomic E-state index is -0.235. The van der Waals surface area contributed by atoms with Crippen molar-refractivity contribution in [1.82, 2.24) is 0 Å². The van der Waals surface area contributed by atoms with Crippen LogP contribution in [0.4, 0.5) is 0 Å². The summed E-state index contributed by atoms with van der Waals surface area (Å²) < 4.78 is 14.2. The summed E-state index contributed by atoms with van der Waals surface area (Å²) in [5, 5.41) is 20.3. The Morgan fingerprint density at radius 3 is 2.30 bits per heavy atom. The monoisotopic (exact) mass is 482 g/mol. The average Bonchev–Trinajstić information content (AvgIpc) is 3.06. The van der Waals surface area contributed by atoms with Crippen LogP contribution >= 0.6 is 27.3 Å². The number of fused-ring (bicyclic) bond motifs is 1. The lowest BCUT2D eigenvalue weighted by Crippen LogP contribution is -2.37. The molecule has 0 saturated heterocycles. The number of aromatic hydroxyl groups is 1. The van der Waals surface area contributed by atoms with Crippen LogP contribution in [0.1, 0.15) is 12.8 Å². The Morgan fingerprint density at radius 2 is 1.60 bits per heavy atom. The Hall–Kier alpha value is -2.54. The number of ether oxygens (including phenoxy) is 2. The smallest absolute Gasteiger partial charge is 0.153 e. The van der Waals surface area contributed by atoms with Crippen LogP contribution in [-0.4, -0.2) is 22.4 Å². The van der Waals surface area contributed by atoms with E-state index in [-0.39, 0.29) is 18.0 Å². The van der Waals surface area contributed by atoms with E-state index < -0.39 is 0 Å². The van der Waals surface area contributed by atoms with Gasteiger partial charge in [-0.15, -0.1) is 11.3 Å². The minimum absolute atomic E-state index is 0.0873. The number of rotatable bonds is 5. The summed E-state index contributed by atoms with van der Waals surface area (Å²) in [5.74, 6) is 2.49. The highest BCUT2D eigenvalue weighted by Crippen LogP contribution is 2.47. The zero-order valence-electron chi connectivity index (χ0n) is 15.9. The molecule has 4 aromatic rings. The number of phenols is 1. The van der Waals surface area contributed by atoms with E-state index in [2.05, 4.69) is 15.9 Å². The lowest BCUT2D eigenvalue weighted by Gasteiger charge is -2.31.